The number of rotatable bonds is 6. The Balaban J connectivity index is 0. The lowest BCUT2D eigenvalue weighted by molar-refractivity contribution is -0.115. The molecule has 6 nitrogen and oxygen atoms in total. The van der Waals surface area contributed by atoms with E-state index in [9.17, 15) is 4.79 Å². The molecule has 0 unspecified atom stereocenters. The van der Waals surface area contributed by atoms with Crippen molar-refractivity contribution in [2.45, 2.75) is 81.1 Å². The van der Waals surface area contributed by atoms with Crippen LogP contribution in [-0.4, -0.2) is 44.0 Å². The van der Waals surface area contributed by atoms with Crippen molar-refractivity contribution in [3.63, 3.8) is 0 Å². The van der Waals surface area contributed by atoms with Crippen LogP contribution in [0.4, 0.5) is 11.4 Å². The lowest BCUT2D eigenvalue weighted by Gasteiger charge is -2.24. The second-order valence-corrected chi connectivity index (χ2v) is 7.85. The van der Waals surface area contributed by atoms with Gasteiger partial charge in [0, 0.05) is 49.4 Å². The van der Waals surface area contributed by atoms with E-state index in [0.29, 0.717) is 11.3 Å². The molecule has 1 aromatic rings. The fourth-order valence-corrected chi connectivity index (χ4v) is 3.33. The van der Waals surface area contributed by atoms with Gasteiger partial charge in [-0.25, -0.2) is 0 Å². The molecule has 4 N–H and O–H groups in total. The van der Waals surface area contributed by atoms with Gasteiger partial charge >= 0.3 is 0 Å². The third-order valence-electron chi connectivity index (χ3n) is 4.81. The number of carbonyl (C=O) groups excluding carboxylic acids is 1. The molecule has 0 radical (unpaired) electrons. The number of amidine groups is 1. The number of nitrogens with two attached hydrogens (primary N) is 1. The van der Waals surface area contributed by atoms with E-state index in [1.54, 1.807) is 14.1 Å². The fraction of sp³-hybridized carbons (Fsp3) is 0.536. The van der Waals surface area contributed by atoms with Crippen LogP contribution in [0.15, 0.2) is 45.5 Å². The van der Waals surface area contributed by atoms with Crippen molar-refractivity contribution in [3.05, 3.63) is 46.1 Å². The Bertz CT molecular complexity index is 831. The van der Waals surface area contributed by atoms with Crippen molar-refractivity contribution in [1.82, 2.24) is 4.90 Å². The minimum atomic E-state index is 0.614. The standard InChI is InChI=1S/C21H30N4.C3H7NO.2C2H6/c1-5-24-21(25-17-10-11-19(23)16(12-17)13-22)20(14(2)3)18-9-7-6-8-15(18)4;1-4(2)3-5;2*1-2/h10-13,22H,5-9,23H2,1-4H3,(H,24,25);3H,1-2H3;2*1-2H3. The first-order chi connectivity index (χ1) is 16.2. The summed E-state index contributed by atoms with van der Waals surface area (Å²) in [5.74, 6) is 0.916. The molecule has 0 saturated heterocycles. The lowest BCUT2D eigenvalue weighted by Crippen LogP contribution is -2.20. The van der Waals surface area contributed by atoms with Crippen LogP contribution in [0.2, 0.25) is 0 Å². The van der Waals surface area contributed by atoms with Crippen molar-refractivity contribution >= 4 is 29.8 Å². The smallest absolute Gasteiger partial charge is 0.209 e. The molecule has 0 aliphatic heterocycles. The van der Waals surface area contributed by atoms with Crippen LogP contribution in [0.1, 0.15) is 86.6 Å². The van der Waals surface area contributed by atoms with E-state index >= 15 is 0 Å². The zero-order valence-corrected chi connectivity index (χ0v) is 23.3. The van der Waals surface area contributed by atoms with E-state index in [1.165, 1.54) is 52.7 Å². The van der Waals surface area contributed by atoms with Crippen molar-refractivity contribution in [2.24, 2.45) is 4.99 Å². The molecule has 0 heterocycles. The van der Waals surface area contributed by atoms with E-state index in [4.69, 9.17) is 16.1 Å². The number of carbonyl (C=O) groups is 1. The van der Waals surface area contributed by atoms with Crippen LogP contribution in [-0.2, 0) is 4.79 Å². The zero-order valence-electron chi connectivity index (χ0n) is 23.3. The number of hydrogen-bond donors (Lipinski definition) is 3. The topological polar surface area (TPSA) is 94.6 Å². The van der Waals surface area contributed by atoms with Gasteiger partial charge in [0.15, 0.2) is 0 Å². The molecule has 1 aliphatic rings. The molecule has 1 amide bonds. The Labute approximate surface area is 208 Å². The molecule has 34 heavy (non-hydrogen) atoms. The van der Waals surface area contributed by atoms with E-state index in [2.05, 4.69) is 33.0 Å². The van der Waals surface area contributed by atoms with Gasteiger partial charge in [-0.3, -0.25) is 9.79 Å². The van der Waals surface area contributed by atoms with Crippen LogP contribution in [0.5, 0.6) is 0 Å². The summed E-state index contributed by atoms with van der Waals surface area (Å²) in [7, 11) is 3.38. The number of nitrogens with one attached hydrogen (secondary N) is 2. The first-order valence-corrected chi connectivity index (χ1v) is 12.4. The summed E-state index contributed by atoms with van der Waals surface area (Å²) in [5.41, 5.74) is 13.6. The number of nitrogens with zero attached hydrogens (tertiary/aromatic N) is 2. The predicted octanol–water partition coefficient (Wildman–Crippen LogP) is 7.08. The average Bonchev–Trinajstić information content (AvgIpc) is 2.84. The number of anilines is 2. The lowest BCUT2D eigenvalue weighted by atomic mass is 9.85. The van der Waals surface area contributed by atoms with E-state index < -0.39 is 0 Å². The van der Waals surface area contributed by atoms with Crippen LogP contribution < -0.4 is 11.1 Å². The molecule has 0 bridgehead atoms. The van der Waals surface area contributed by atoms with E-state index in [1.807, 2.05) is 45.9 Å². The van der Waals surface area contributed by atoms with Gasteiger partial charge in [-0.1, -0.05) is 38.8 Å². The van der Waals surface area contributed by atoms with Gasteiger partial charge in [-0.15, -0.1) is 0 Å². The van der Waals surface area contributed by atoms with Crippen LogP contribution in [0.3, 0.4) is 0 Å². The van der Waals surface area contributed by atoms with Crippen LogP contribution >= 0.6 is 0 Å². The van der Waals surface area contributed by atoms with Crippen LogP contribution in [0.25, 0.3) is 0 Å². The van der Waals surface area contributed by atoms with Crippen molar-refractivity contribution in [1.29, 1.82) is 5.41 Å². The number of benzene rings is 1. The molecule has 2 rings (SSSR count). The summed E-state index contributed by atoms with van der Waals surface area (Å²) in [4.78, 5) is 15.6. The molecule has 0 spiro atoms. The summed E-state index contributed by atoms with van der Waals surface area (Å²) in [6, 6.07) is 5.68. The first kappa shape index (κ1) is 33.3. The Morgan fingerprint density at radius 3 is 2.15 bits per heavy atom. The molecule has 1 aliphatic carbocycles. The summed E-state index contributed by atoms with van der Waals surface area (Å²) < 4.78 is 0. The zero-order chi connectivity index (χ0) is 26.7. The van der Waals surface area contributed by atoms with Crippen molar-refractivity contribution in [2.75, 3.05) is 31.7 Å². The maximum atomic E-state index is 9.43. The molecule has 0 aromatic heterocycles. The second-order valence-electron chi connectivity index (χ2n) is 7.85. The maximum absolute atomic E-state index is 9.43. The SMILES string of the molecule is CC.CC.CCN=C(Nc1ccc(N)c(C=N)c1)C(=C(C)C)C1=C(C)CCCC1.CN(C)C=O. The number of hydrogen-bond acceptors (Lipinski definition) is 4. The molecular formula is C28H49N5O. The van der Waals surface area contributed by atoms with Gasteiger partial charge in [0.05, 0.1) is 0 Å². The largest absolute Gasteiger partial charge is 0.398 e. The monoisotopic (exact) mass is 471 g/mol. The van der Waals surface area contributed by atoms with Crippen LogP contribution in [0, 0.1) is 5.41 Å². The third-order valence-corrected chi connectivity index (χ3v) is 4.81. The minimum absolute atomic E-state index is 0.614. The normalized spacial score (nSPS) is 12.5. The Morgan fingerprint density at radius 1 is 1.15 bits per heavy atom. The predicted molar refractivity (Wildman–Crippen MR) is 152 cm³/mol. The van der Waals surface area contributed by atoms with Gasteiger partial charge < -0.3 is 21.4 Å². The van der Waals surface area contributed by atoms with Crippen molar-refractivity contribution in [3.8, 4) is 0 Å². The Hall–Kier alpha value is -2.89. The Kier molecular flexibility index (Phi) is 19.2. The van der Waals surface area contributed by atoms with Gasteiger partial charge in [-0.05, 0) is 77.2 Å². The second kappa shape index (κ2) is 19.6. The van der Waals surface area contributed by atoms with Gasteiger partial charge in [0.2, 0.25) is 6.41 Å². The maximum Gasteiger partial charge on any atom is 0.209 e. The molecule has 0 atom stereocenters. The van der Waals surface area contributed by atoms with Gasteiger partial charge in [-0.2, -0.15) is 0 Å². The average molecular weight is 472 g/mol. The quantitative estimate of drug-likeness (QED) is 0.179. The molecule has 1 aromatic carbocycles. The first-order valence-electron chi connectivity index (χ1n) is 12.4. The summed E-state index contributed by atoms with van der Waals surface area (Å²) in [5, 5.41) is 11.0. The minimum Gasteiger partial charge on any atom is -0.398 e. The van der Waals surface area contributed by atoms with E-state index in [-0.39, 0.29) is 0 Å². The summed E-state index contributed by atoms with van der Waals surface area (Å²) in [6.45, 7) is 17.3. The number of nitrogen functional groups attached to an aromatic ring is 1. The Morgan fingerprint density at radius 2 is 1.71 bits per heavy atom. The number of allylic oxidation sites excluding steroid dienone is 2. The number of amides is 1. The highest BCUT2D eigenvalue weighted by molar-refractivity contribution is 6.11. The van der Waals surface area contributed by atoms with Crippen molar-refractivity contribution < 1.29 is 4.79 Å². The van der Waals surface area contributed by atoms with Gasteiger partial charge in [0.1, 0.15) is 5.84 Å². The highest BCUT2D eigenvalue weighted by Crippen LogP contribution is 2.32. The highest BCUT2D eigenvalue weighted by Gasteiger charge is 2.19. The van der Waals surface area contributed by atoms with Gasteiger partial charge in [0.25, 0.3) is 0 Å². The molecule has 0 saturated carbocycles. The fourth-order valence-electron chi connectivity index (χ4n) is 3.33. The summed E-state index contributed by atoms with van der Waals surface area (Å²) >= 11 is 0. The molecule has 6 heteroatoms. The molecular weight excluding hydrogens is 422 g/mol. The third kappa shape index (κ3) is 11.8. The summed E-state index contributed by atoms with van der Waals surface area (Å²) in [6.07, 6.45) is 6.84. The number of aliphatic imine (C=N–C) groups is 1. The molecule has 0 fully saturated rings. The highest BCUT2D eigenvalue weighted by atomic mass is 16.1. The molecule has 192 valence electrons. The van der Waals surface area contributed by atoms with E-state index in [0.717, 1.165) is 30.9 Å².